The first-order valence-corrected chi connectivity index (χ1v) is 14.1. The molecule has 1 aliphatic carbocycles. The van der Waals surface area contributed by atoms with Gasteiger partial charge in [-0.2, -0.15) is 5.26 Å². The number of nitrogens with two attached hydrogens (primary N) is 1. The molecule has 0 unspecified atom stereocenters. The van der Waals surface area contributed by atoms with Gasteiger partial charge in [-0.25, -0.2) is 9.97 Å². The Bertz CT molecular complexity index is 1300. The predicted octanol–water partition coefficient (Wildman–Crippen LogP) is 5.44. The maximum absolute atomic E-state index is 12.7. The number of ether oxygens (including phenoxy) is 1. The van der Waals surface area contributed by atoms with Gasteiger partial charge in [-0.1, -0.05) is 24.9 Å². The van der Waals surface area contributed by atoms with Gasteiger partial charge >= 0.3 is 0 Å². The van der Waals surface area contributed by atoms with Gasteiger partial charge < -0.3 is 20.5 Å². The van der Waals surface area contributed by atoms with Crippen LogP contribution in [0.3, 0.4) is 0 Å². The van der Waals surface area contributed by atoms with Crippen LogP contribution < -0.4 is 15.4 Å². The number of aliphatic hydroxyl groups is 1. The number of carbonyl (C=O) groups is 1. The molecule has 1 saturated heterocycles. The number of anilines is 1. The number of nitrogens with zero attached hydrogens (tertiary/aromatic N) is 4. The summed E-state index contributed by atoms with van der Waals surface area (Å²) in [5.74, 6) is 1.66. The topological polar surface area (TPSA) is 125 Å². The molecule has 1 spiro atoms. The first-order chi connectivity index (χ1) is 18.6. The van der Waals surface area contributed by atoms with Crippen molar-refractivity contribution < 1.29 is 14.6 Å². The van der Waals surface area contributed by atoms with Crippen LogP contribution in [0.1, 0.15) is 70.6 Å². The smallest absolute Gasteiger partial charge is 0.163 e. The lowest BCUT2D eigenvalue weighted by Crippen LogP contribution is -2.58. The Balaban J connectivity index is 1.72. The molecule has 9 heteroatoms. The molecule has 39 heavy (non-hydrogen) atoms. The second kappa shape index (κ2) is 11.9. The van der Waals surface area contributed by atoms with E-state index in [1.807, 2.05) is 13.8 Å². The molecule has 0 amide bonds. The van der Waals surface area contributed by atoms with Crippen LogP contribution in [0.5, 0.6) is 5.75 Å². The Kier molecular flexibility index (Phi) is 8.83. The van der Waals surface area contributed by atoms with Crippen LogP contribution in [-0.4, -0.2) is 46.7 Å². The number of carbonyl (C=O) groups excluding carboxylic acids is 1. The fourth-order valence-corrected chi connectivity index (χ4v) is 5.97. The summed E-state index contributed by atoms with van der Waals surface area (Å²) < 4.78 is 5.84. The van der Waals surface area contributed by atoms with Gasteiger partial charge in [0.05, 0.1) is 28.5 Å². The zero-order chi connectivity index (χ0) is 28.3. The second-order valence-corrected chi connectivity index (χ2v) is 11.5. The number of hydrogen-bond acceptors (Lipinski definition) is 8. The highest BCUT2D eigenvalue weighted by atomic mass is 35.5. The molecule has 0 radical (unpaired) electrons. The van der Waals surface area contributed by atoms with Gasteiger partial charge in [-0.3, -0.25) is 4.79 Å². The zero-order valence-corrected chi connectivity index (χ0v) is 24.0. The number of nitriles is 1. The van der Waals surface area contributed by atoms with E-state index in [9.17, 15) is 15.2 Å². The SMILES string of the molecule is CCC[C@@H](O)COc1ccc(Cl)c(-c2nc(C(C(C)=O)=C(C)N)c(C)c(N3CC4(CCC(C#N)CC4)C3)n2)c1. The van der Waals surface area contributed by atoms with E-state index < -0.39 is 6.10 Å². The normalized spacial score (nSPS) is 18.2. The number of benzene rings is 1. The van der Waals surface area contributed by atoms with Crippen molar-refractivity contribution in [2.24, 2.45) is 17.1 Å². The van der Waals surface area contributed by atoms with E-state index in [0.29, 0.717) is 45.5 Å². The molecule has 1 aromatic heterocycles. The minimum absolute atomic E-state index is 0.152. The quantitative estimate of drug-likeness (QED) is 0.394. The number of Topliss-reactive ketones (excluding diaryl/α,β-unsaturated/α-hetero) is 1. The Labute approximate surface area is 235 Å². The highest BCUT2D eigenvalue weighted by molar-refractivity contribution is 6.33. The predicted molar refractivity (Wildman–Crippen MR) is 153 cm³/mol. The molecule has 3 N–H and O–H groups in total. The Hall–Kier alpha value is -3.15. The molecule has 1 aliphatic heterocycles. The molecule has 1 saturated carbocycles. The summed E-state index contributed by atoms with van der Waals surface area (Å²) in [5.41, 5.74) is 8.99. The minimum Gasteiger partial charge on any atom is -0.491 e. The molecule has 4 rings (SSSR count). The molecule has 1 aromatic carbocycles. The number of hydrogen-bond donors (Lipinski definition) is 2. The summed E-state index contributed by atoms with van der Waals surface area (Å²) in [6, 6.07) is 7.67. The molecule has 2 heterocycles. The second-order valence-electron chi connectivity index (χ2n) is 11.1. The van der Waals surface area contributed by atoms with Crippen LogP contribution in [0.15, 0.2) is 23.9 Å². The van der Waals surface area contributed by atoms with Gasteiger partial charge in [-0.05, 0) is 71.1 Å². The average Bonchev–Trinajstić information content (AvgIpc) is 2.88. The number of rotatable bonds is 9. The lowest BCUT2D eigenvalue weighted by Gasteiger charge is -2.54. The fourth-order valence-electron chi connectivity index (χ4n) is 5.77. The minimum atomic E-state index is -0.555. The fraction of sp³-hybridized carbons (Fsp3) is 0.533. The summed E-state index contributed by atoms with van der Waals surface area (Å²) in [7, 11) is 0. The Morgan fingerprint density at radius 1 is 1.31 bits per heavy atom. The largest absolute Gasteiger partial charge is 0.491 e. The highest BCUT2D eigenvalue weighted by Gasteiger charge is 2.46. The van der Waals surface area contributed by atoms with Gasteiger partial charge in [0, 0.05) is 41.2 Å². The third-order valence-corrected chi connectivity index (χ3v) is 8.26. The molecule has 2 aliphatic rings. The van der Waals surface area contributed by atoms with Crippen molar-refractivity contribution in [2.75, 3.05) is 24.6 Å². The summed E-state index contributed by atoms with van der Waals surface area (Å²) in [6.45, 7) is 8.98. The Morgan fingerprint density at radius 2 is 2.00 bits per heavy atom. The van der Waals surface area contributed by atoms with Crippen LogP contribution in [-0.2, 0) is 4.79 Å². The van der Waals surface area contributed by atoms with Crippen LogP contribution in [0.4, 0.5) is 5.82 Å². The standard InChI is InChI=1S/C30H38ClN5O3/c1-5-6-22(38)15-39-23-7-8-25(31)24(13-23)28-34-27(26(19(3)33)20(4)37)18(2)29(35-28)36-16-30(17-36)11-9-21(14-32)10-12-30/h7-8,13,21-22,38H,5-6,9-12,15-17,33H2,1-4H3/t22-/m1/s1. The van der Waals surface area contributed by atoms with E-state index >= 15 is 0 Å². The molecule has 1 atom stereocenters. The van der Waals surface area contributed by atoms with Crippen LogP contribution in [0.2, 0.25) is 5.02 Å². The lowest BCUT2D eigenvalue weighted by atomic mass is 9.66. The zero-order valence-electron chi connectivity index (χ0n) is 23.3. The molecule has 2 fully saturated rings. The lowest BCUT2D eigenvalue weighted by molar-refractivity contribution is -0.111. The Morgan fingerprint density at radius 3 is 2.59 bits per heavy atom. The van der Waals surface area contributed by atoms with Gasteiger partial charge in [-0.15, -0.1) is 0 Å². The summed E-state index contributed by atoms with van der Waals surface area (Å²) in [4.78, 5) is 24.7. The van der Waals surface area contributed by atoms with Crippen molar-refractivity contribution in [3.8, 4) is 23.2 Å². The van der Waals surface area contributed by atoms with E-state index in [2.05, 4.69) is 11.0 Å². The summed E-state index contributed by atoms with van der Waals surface area (Å²) in [6.07, 6.45) is 4.89. The molecular weight excluding hydrogens is 514 g/mol. The van der Waals surface area contributed by atoms with E-state index in [-0.39, 0.29) is 23.7 Å². The molecule has 208 valence electrons. The third-order valence-electron chi connectivity index (χ3n) is 7.93. The van der Waals surface area contributed by atoms with Gasteiger partial charge in [0.2, 0.25) is 0 Å². The maximum atomic E-state index is 12.7. The first-order valence-electron chi connectivity index (χ1n) is 13.7. The number of ketones is 1. The number of halogens is 1. The van der Waals surface area contributed by atoms with Crippen LogP contribution in [0.25, 0.3) is 17.0 Å². The van der Waals surface area contributed by atoms with E-state index in [1.54, 1.807) is 25.1 Å². The molecular formula is C30H38ClN5O3. The summed E-state index contributed by atoms with van der Waals surface area (Å²) >= 11 is 6.64. The number of aromatic nitrogens is 2. The van der Waals surface area contributed by atoms with Crippen molar-refractivity contribution >= 4 is 28.8 Å². The van der Waals surface area contributed by atoms with Crippen molar-refractivity contribution in [1.82, 2.24) is 9.97 Å². The third kappa shape index (κ3) is 6.21. The van der Waals surface area contributed by atoms with E-state index in [0.717, 1.165) is 56.6 Å². The van der Waals surface area contributed by atoms with E-state index in [4.69, 9.17) is 32.0 Å². The van der Waals surface area contributed by atoms with Crippen LogP contribution >= 0.6 is 11.6 Å². The molecule has 0 bridgehead atoms. The van der Waals surface area contributed by atoms with Crippen molar-refractivity contribution in [3.63, 3.8) is 0 Å². The van der Waals surface area contributed by atoms with Gasteiger partial charge in [0.25, 0.3) is 0 Å². The van der Waals surface area contributed by atoms with Crippen molar-refractivity contribution in [2.45, 2.75) is 72.3 Å². The molecule has 2 aromatic rings. The highest BCUT2D eigenvalue weighted by Crippen LogP contribution is 2.48. The van der Waals surface area contributed by atoms with Gasteiger partial charge in [0.15, 0.2) is 11.6 Å². The van der Waals surface area contributed by atoms with Gasteiger partial charge in [0.1, 0.15) is 18.2 Å². The number of aliphatic hydroxyl groups excluding tert-OH is 1. The van der Waals surface area contributed by atoms with E-state index in [1.165, 1.54) is 6.92 Å². The molecule has 8 nitrogen and oxygen atoms in total. The van der Waals surface area contributed by atoms with Crippen molar-refractivity contribution in [1.29, 1.82) is 5.26 Å². The maximum Gasteiger partial charge on any atom is 0.163 e. The summed E-state index contributed by atoms with van der Waals surface area (Å²) in [5, 5.41) is 19.9. The van der Waals surface area contributed by atoms with Crippen LogP contribution in [0, 0.1) is 29.6 Å². The average molecular weight is 552 g/mol. The number of allylic oxidation sites excluding steroid dienone is 2. The van der Waals surface area contributed by atoms with Crippen molar-refractivity contribution in [3.05, 3.63) is 40.2 Å². The first kappa shape index (κ1) is 28.8. The monoisotopic (exact) mass is 551 g/mol.